The van der Waals surface area contributed by atoms with Crippen molar-refractivity contribution in [3.63, 3.8) is 0 Å². The maximum absolute atomic E-state index is 12.3. The fraction of sp³-hybridized carbons (Fsp3) is 0.300. The Hall–Kier alpha value is -2.40. The van der Waals surface area contributed by atoms with Gasteiger partial charge in [-0.05, 0) is 32.0 Å². The Morgan fingerprint density at radius 3 is 2.84 bits per heavy atom. The minimum atomic E-state index is -0.0993. The number of fused-ring (bicyclic) bond motifs is 1. The number of ether oxygens (including phenoxy) is 1. The molecule has 3 rings (SSSR count). The summed E-state index contributed by atoms with van der Waals surface area (Å²) in [5, 5.41) is 4.06. The minimum absolute atomic E-state index is 0.0234. The van der Waals surface area contributed by atoms with Crippen LogP contribution in [0.5, 0.6) is 5.75 Å². The highest BCUT2D eigenvalue weighted by atomic mass is 32.1. The van der Waals surface area contributed by atoms with Gasteiger partial charge < -0.3 is 10.1 Å². The number of carbonyl (C=O) groups is 1. The summed E-state index contributed by atoms with van der Waals surface area (Å²) in [6.45, 7) is 4.01. The number of aryl methyl sites for hydroxylation is 2. The zero-order valence-corrected chi connectivity index (χ0v) is 15.5. The number of methoxy groups -OCH3 is 1. The zero-order valence-electron chi connectivity index (χ0n) is 14.7. The normalized spacial score (nSPS) is 12.1. The number of nitrogens with zero attached hydrogens (tertiary/aromatic N) is 1. The molecule has 0 aliphatic carbocycles. The standard InChI is InChI=1S/C20H22N2O2S/c1-13-8-9-17(24-3)15(12-13)14(2)21-19(23)10-11-20-22-16-6-4-5-7-18(16)25-20/h4-9,12,14H,10-11H2,1-3H3,(H,21,23)/t14-/m0/s1. The van der Waals surface area contributed by atoms with Gasteiger partial charge in [-0.25, -0.2) is 4.98 Å². The number of para-hydroxylation sites is 1. The minimum Gasteiger partial charge on any atom is -0.496 e. The number of benzene rings is 2. The van der Waals surface area contributed by atoms with Gasteiger partial charge in [-0.15, -0.1) is 11.3 Å². The van der Waals surface area contributed by atoms with Crippen molar-refractivity contribution in [1.29, 1.82) is 0 Å². The number of hydrogen-bond donors (Lipinski definition) is 1. The van der Waals surface area contributed by atoms with Gasteiger partial charge in [0, 0.05) is 18.4 Å². The number of amides is 1. The SMILES string of the molecule is COc1ccc(C)cc1[C@H](C)NC(=O)CCc1nc2ccccc2s1. The Kier molecular flexibility index (Phi) is 5.34. The molecular weight excluding hydrogens is 332 g/mol. The van der Waals surface area contributed by atoms with Crippen LogP contribution in [0.25, 0.3) is 10.2 Å². The van der Waals surface area contributed by atoms with Crippen LogP contribution in [-0.2, 0) is 11.2 Å². The maximum atomic E-state index is 12.3. The smallest absolute Gasteiger partial charge is 0.220 e. The summed E-state index contributed by atoms with van der Waals surface area (Å²) in [7, 11) is 1.65. The van der Waals surface area contributed by atoms with Gasteiger partial charge in [0.25, 0.3) is 0 Å². The van der Waals surface area contributed by atoms with Crippen molar-refractivity contribution in [2.24, 2.45) is 0 Å². The molecule has 0 bridgehead atoms. The van der Waals surface area contributed by atoms with Crippen LogP contribution in [0.15, 0.2) is 42.5 Å². The van der Waals surface area contributed by atoms with Gasteiger partial charge in [-0.3, -0.25) is 4.79 Å². The second kappa shape index (κ2) is 7.66. The number of carbonyl (C=O) groups excluding carboxylic acids is 1. The lowest BCUT2D eigenvalue weighted by molar-refractivity contribution is -0.121. The predicted octanol–water partition coefficient (Wildman–Crippen LogP) is 4.42. The van der Waals surface area contributed by atoms with E-state index in [1.165, 1.54) is 0 Å². The molecular formula is C20H22N2O2S. The molecule has 130 valence electrons. The van der Waals surface area contributed by atoms with E-state index in [4.69, 9.17) is 4.74 Å². The number of nitrogens with one attached hydrogen (secondary N) is 1. The summed E-state index contributed by atoms with van der Waals surface area (Å²) in [5.41, 5.74) is 3.14. The van der Waals surface area contributed by atoms with E-state index in [-0.39, 0.29) is 11.9 Å². The average Bonchev–Trinajstić information content (AvgIpc) is 3.03. The number of hydrogen-bond acceptors (Lipinski definition) is 4. The second-order valence-electron chi connectivity index (χ2n) is 6.11. The van der Waals surface area contributed by atoms with Crippen molar-refractivity contribution in [2.75, 3.05) is 7.11 Å². The van der Waals surface area contributed by atoms with E-state index < -0.39 is 0 Å². The van der Waals surface area contributed by atoms with Gasteiger partial charge >= 0.3 is 0 Å². The third-order valence-corrected chi connectivity index (χ3v) is 5.23. The van der Waals surface area contributed by atoms with Crippen LogP contribution in [0.2, 0.25) is 0 Å². The highest BCUT2D eigenvalue weighted by Crippen LogP contribution is 2.26. The van der Waals surface area contributed by atoms with Gasteiger partial charge in [-0.2, -0.15) is 0 Å². The highest BCUT2D eigenvalue weighted by Gasteiger charge is 2.15. The molecule has 5 heteroatoms. The Bertz CT molecular complexity index is 855. The summed E-state index contributed by atoms with van der Waals surface area (Å²) < 4.78 is 6.57. The molecule has 0 saturated heterocycles. The Morgan fingerprint density at radius 1 is 1.28 bits per heavy atom. The summed E-state index contributed by atoms with van der Waals surface area (Å²) in [5.74, 6) is 0.819. The summed E-state index contributed by atoms with van der Waals surface area (Å²) in [6, 6.07) is 13.9. The number of aromatic nitrogens is 1. The van der Waals surface area contributed by atoms with E-state index in [1.807, 2.05) is 44.2 Å². The maximum Gasteiger partial charge on any atom is 0.220 e. The first-order chi connectivity index (χ1) is 12.1. The van der Waals surface area contributed by atoms with Gasteiger partial charge in [-0.1, -0.05) is 29.8 Å². The Morgan fingerprint density at radius 2 is 2.08 bits per heavy atom. The molecule has 1 aromatic heterocycles. The van der Waals surface area contributed by atoms with Gasteiger partial charge in [0.1, 0.15) is 5.75 Å². The molecule has 0 aliphatic heterocycles. The third-order valence-electron chi connectivity index (χ3n) is 4.13. The molecule has 0 radical (unpaired) electrons. The summed E-state index contributed by atoms with van der Waals surface area (Å²) in [6.07, 6.45) is 1.08. The van der Waals surface area contributed by atoms with Crippen LogP contribution < -0.4 is 10.1 Å². The van der Waals surface area contributed by atoms with Crippen molar-refractivity contribution in [2.45, 2.75) is 32.7 Å². The molecule has 1 amide bonds. The molecule has 0 fully saturated rings. The van der Waals surface area contributed by atoms with Crippen LogP contribution in [-0.4, -0.2) is 18.0 Å². The first-order valence-corrected chi connectivity index (χ1v) is 9.17. The van der Waals surface area contributed by atoms with Crippen LogP contribution in [0, 0.1) is 6.92 Å². The Labute approximate surface area is 151 Å². The van der Waals surface area contributed by atoms with Crippen molar-refractivity contribution in [3.05, 3.63) is 58.6 Å². The molecule has 0 saturated carbocycles. The zero-order chi connectivity index (χ0) is 17.8. The molecule has 1 atom stereocenters. The number of rotatable bonds is 6. The topological polar surface area (TPSA) is 51.2 Å². The van der Waals surface area contributed by atoms with Crippen molar-refractivity contribution >= 4 is 27.5 Å². The monoisotopic (exact) mass is 354 g/mol. The van der Waals surface area contributed by atoms with Gasteiger partial charge in [0.05, 0.1) is 28.4 Å². The lowest BCUT2D eigenvalue weighted by atomic mass is 10.0. The highest BCUT2D eigenvalue weighted by molar-refractivity contribution is 7.18. The average molecular weight is 354 g/mol. The molecule has 0 unspecified atom stereocenters. The van der Waals surface area contributed by atoms with Crippen molar-refractivity contribution in [3.8, 4) is 5.75 Å². The molecule has 4 nitrogen and oxygen atoms in total. The molecule has 2 aromatic carbocycles. The molecule has 0 aliphatic rings. The summed E-state index contributed by atoms with van der Waals surface area (Å²) >= 11 is 1.65. The lowest BCUT2D eigenvalue weighted by Gasteiger charge is -2.18. The molecule has 3 aromatic rings. The predicted molar refractivity (Wildman–Crippen MR) is 102 cm³/mol. The summed E-state index contributed by atoms with van der Waals surface area (Å²) in [4.78, 5) is 16.9. The fourth-order valence-electron chi connectivity index (χ4n) is 2.83. The van der Waals surface area contributed by atoms with E-state index in [1.54, 1.807) is 18.4 Å². The first-order valence-electron chi connectivity index (χ1n) is 8.35. The van der Waals surface area contributed by atoms with E-state index in [9.17, 15) is 4.79 Å². The van der Waals surface area contributed by atoms with Crippen LogP contribution in [0.3, 0.4) is 0 Å². The van der Waals surface area contributed by atoms with Crippen molar-refractivity contribution < 1.29 is 9.53 Å². The number of thiazole rings is 1. The van der Waals surface area contributed by atoms with Crippen LogP contribution in [0.4, 0.5) is 0 Å². The van der Waals surface area contributed by atoms with E-state index in [0.29, 0.717) is 12.8 Å². The fourth-order valence-corrected chi connectivity index (χ4v) is 3.80. The third kappa shape index (κ3) is 4.17. The Balaban J connectivity index is 1.61. The first kappa shape index (κ1) is 17.4. The molecule has 0 spiro atoms. The van der Waals surface area contributed by atoms with Gasteiger partial charge in [0.15, 0.2) is 0 Å². The van der Waals surface area contributed by atoms with Crippen molar-refractivity contribution in [1.82, 2.24) is 10.3 Å². The van der Waals surface area contributed by atoms with E-state index in [0.717, 1.165) is 32.1 Å². The van der Waals surface area contributed by atoms with Crippen LogP contribution >= 0.6 is 11.3 Å². The van der Waals surface area contributed by atoms with E-state index in [2.05, 4.69) is 22.4 Å². The molecule has 1 N–H and O–H groups in total. The van der Waals surface area contributed by atoms with Gasteiger partial charge in [0.2, 0.25) is 5.91 Å². The quantitative estimate of drug-likeness (QED) is 0.713. The second-order valence-corrected chi connectivity index (χ2v) is 7.23. The lowest BCUT2D eigenvalue weighted by Crippen LogP contribution is -2.27. The molecule has 1 heterocycles. The largest absolute Gasteiger partial charge is 0.496 e. The van der Waals surface area contributed by atoms with E-state index >= 15 is 0 Å². The molecule has 25 heavy (non-hydrogen) atoms. The van der Waals surface area contributed by atoms with Crippen LogP contribution in [0.1, 0.15) is 35.5 Å².